The Morgan fingerprint density at radius 1 is 0.429 bits per heavy atom. The average molecular weight is 1010 g/mol. The predicted molar refractivity (Wildman–Crippen MR) is 298 cm³/mol. The molecule has 0 saturated heterocycles. The van der Waals surface area contributed by atoms with Crippen molar-refractivity contribution in [3.05, 3.63) is 24.3 Å². The second-order valence-corrected chi connectivity index (χ2v) is 23.2. The maximum Gasteiger partial charge on any atom is 0.472 e. The van der Waals surface area contributed by atoms with Crippen LogP contribution in [-0.2, 0) is 32.7 Å². The van der Waals surface area contributed by atoms with Crippen LogP contribution < -0.4 is 0 Å². The summed E-state index contributed by atoms with van der Waals surface area (Å²) in [6.07, 6.45) is 62.5. The molecule has 2 unspecified atom stereocenters. The van der Waals surface area contributed by atoms with E-state index in [1.54, 1.807) is 0 Å². The van der Waals surface area contributed by atoms with Crippen LogP contribution in [0.5, 0.6) is 0 Å². The number of unbranched alkanes of at least 4 members (excludes halogenated alkanes) is 38. The Bertz CT molecular complexity index is 1240. The standard InChI is InChI=1S/C60H116NO8P/c1-6-8-10-12-14-16-18-20-22-24-26-28-30-32-34-36-38-40-42-44-46-48-50-52-59(62)66-56-58(57-68-70(64,65)67-55-54-61(3,4)5)69-60(63)53-51-49-47-45-43-41-39-37-35-33-31-29-27-25-23-21-19-17-15-13-11-9-7-2/h24-27,58H,6-23,28-57H2,1-5H3/p+1/b26-24-,27-25-. The third-order valence-corrected chi connectivity index (χ3v) is 14.4. The van der Waals surface area contributed by atoms with Crippen molar-refractivity contribution in [3.8, 4) is 0 Å². The number of quaternary nitrogens is 1. The number of hydrogen-bond donors (Lipinski definition) is 1. The molecule has 0 aromatic carbocycles. The van der Waals surface area contributed by atoms with Crippen molar-refractivity contribution in [3.63, 3.8) is 0 Å². The number of phosphoric ester groups is 1. The molecule has 0 aliphatic carbocycles. The number of carbonyl (C=O) groups excluding carboxylic acids is 2. The first-order chi connectivity index (χ1) is 34.0. The van der Waals surface area contributed by atoms with Gasteiger partial charge >= 0.3 is 19.8 Å². The van der Waals surface area contributed by atoms with Gasteiger partial charge in [-0.1, -0.05) is 244 Å². The Kier molecular flexibility index (Phi) is 51.2. The Balaban J connectivity index is 4.12. The Hall–Kier alpha value is -1.51. The smallest absolute Gasteiger partial charge is 0.462 e. The third-order valence-electron chi connectivity index (χ3n) is 13.5. The number of rotatable bonds is 56. The molecular formula is C60H117NO8P+. The van der Waals surface area contributed by atoms with Gasteiger partial charge in [-0.3, -0.25) is 18.6 Å². The van der Waals surface area contributed by atoms with Gasteiger partial charge < -0.3 is 18.9 Å². The molecule has 2 atom stereocenters. The zero-order valence-electron chi connectivity index (χ0n) is 47.0. The number of likely N-dealkylation sites (N-methyl/N-ethyl adjacent to an activating group) is 1. The Morgan fingerprint density at radius 2 is 0.729 bits per heavy atom. The Morgan fingerprint density at radius 3 is 1.06 bits per heavy atom. The minimum atomic E-state index is -4.38. The summed E-state index contributed by atoms with van der Waals surface area (Å²) in [5.74, 6) is -0.784. The van der Waals surface area contributed by atoms with E-state index in [-0.39, 0.29) is 25.6 Å². The highest BCUT2D eigenvalue weighted by Crippen LogP contribution is 2.43. The van der Waals surface area contributed by atoms with E-state index < -0.39 is 26.5 Å². The maximum absolute atomic E-state index is 12.8. The van der Waals surface area contributed by atoms with Crippen LogP contribution >= 0.6 is 7.82 Å². The van der Waals surface area contributed by atoms with E-state index in [4.69, 9.17) is 18.5 Å². The summed E-state index contributed by atoms with van der Waals surface area (Å²) in [5.41, 5.74) is 0. The van der Waals surface area contributed by atoms with Gasteiger partial charge in [0, 0.05) is 12.8 Å². The van der Waals surface area contributed by atoms with E-state index in [2.05, 4.69) is 38.2 Å². The summed E-state index contributed by atoms with van der Waals surface area (Å²) >= 11 is 0. The van der Waals surface area contributed by atoms with Crippen LogP contribution in [0.4, 0.5) is 0 Å². The molecule has 0 radical (unpaired) electrons. The highest BCUT2D eigenvalue weighted by molar-refractivity contribution is 7.47. The highest BCUT2D eigenvalue weighted by Gasteiger charge is 2.27. The molecule has 70 heavy (non-hydrogen) atoms. The van der Waals surface area contributed by atoms with Crippen LogP contribution in [0.25, 0.3) is 0 Å². The van der Waals surface area contributed by atoms with Crippen molar-refractivity contribution < 1.29 is 42.1 Å². The number of hydrogen-bond acceptors (Lipinski definition) is 7. The molecule has 0 heterocycles. The second kappa shape index (κ2) is 52.4. The number of esters is 2. The quantitative estimate of drug-likeness (QED) is 0.0211. The van der Waals surface area contributed by atoms with E-state index in [1.807, 2.05) is 21.1 Å². The van der Waals surface area contributed by atoms with Gasteiger partial charge in [-0.15, -0.1) is 0 Å². The molecule has 0 aliphatic heterocycles. The molecule has 1 N–H and O–H groups in total. The summed E-state index contributed by atoms with van der Waals surface area (Å²) in [6, 6.07) is 0. The predicted octanol–water partition coefficient (Wildman–Crippen LogP) is 18.6. The first kappa shape index (κ1) is 68.5. The molecule has 0 spiro atoms. The zero-order valence-corrected chi connectivity index (χ0v) is 47.9. The van der Waals surface area contributed by atoms with Gasteiger partial charge in [-0.2, -0.15) is 0 Å². The zero-order chi connectivity index (χ0) is 51.3. The van der Waals surface area contributed by atoms with Crippen molar-refractivity contribution in [2.24, 2.45) is 0 Å². The maximum atomic E-state index is 12.8. The molecule has 0 saturated carbocycles. The highest BCUT2D eigenvalue weighted by atomic mass is 31.2. The van der Waals surface area contributed by atoms with Crippen molar-refractivity contribution >= 4 is 19.8 Å². The SMILES string of the molecule is CCCCCCCCCC/C=C\CCCCCCCCCCCCCC(=O)OCC(COP(=O)(O)OCC[N+](C)(C)C)OC(=O)CCCCCCCCCCCCC/C=C\CCCCCCCCCC. The molecule has 0 amide bonds. The van der Waals surface area contributed by atoms with Gasteiger partial charge in [0.1, 0.15) is 19.8 Å². The number of ether oxygens (including phenoxy) is 2. The molecule has 10 heteroatoms. The van der Waals surface area contributed by atoms with Gasteiger partial charge in [0.05, 0.1) is 27.7 Å². The summed E-state index contributed by atoms with van der Waals surface area (Å²) in [7, 11) is 1.49. The average Bonchev–Trinajstić information content (AvgIpc) is 3.32. The number of allylic oxidation sites excluding steroid dienone is 4. The number of phosphoric acid groups is 1. The van der Waals surface area contributed by atoms with Crippen LogP contribution in [0.1, 0.15) is 296 Å². The lowest BCUT2D eigenvalue weighted by atomic mass is 10.0. The second-order valence-electron chi connectivity index (χ2n) is 21.7. The Labute approximate surface area is 434 Å². The van der Waals surface area contributed by atoms with E-state index in [0.29, 0.717) is 23.9 Å². The molecule has 0 aromatic heterocycles. The topological polar surface area (TPSA) is 108 Å². The molecule has 0 fully saturated rings. The van der Waals surface area contributed by atoms with E-state index >= 15 is 0 Å². The number of nitrogens with zero attached hydrogens (tertiary/aromatic N) is 1. The third kappa shape index (κ3) is 55.8. The van der Waals surface area contributed by atoms with E-state index in [9.17, 15) is 19.0 Å². The lowest BCUT2D eigenvalue weighted by molar-refractivity contribution is -0.870. The molecule has 0 aliphatic rings. The minimum Gasteiger partial charge on any atom is -0.462 e. The van der Waals surface area contributed by atoms with Crippen molar-refractivity contribution in [1.82, 2.24) is 0 Å². The van der Waals surface area contributed by atoms with Gasteiger partial charge in [0.25, 0.3) is 0 Å². The molecule has 0 bridgehead atoms. The molecule has 0 rings (SSSR count). The van der Waals surface area contributed by atoms with Gasteiger partial charge in [0.2, 0.25) is 0 Å². The summed E-state index contributed by atoms with van der Waals surface area (Å²) < 4.78 is 34.6. The fourth-order valence-electron chi connectivity index (χ4n) is 8.77. The van der Waals surface area contributed by atoms with E-state index in [1.165, 1.54) is 231 Å². The largest absolute Gasteiger partial charge is 0.472 e. The van der Waals surface area contributed by atoms with Crippen LogP contribution in [0.2, 0.25) is 0 Å². The van der Waals surface area contributed by atoms with Crippen LogP contribution in [0.15, 0.2) is 24.3 Å². The van der Waals surface area contributed by atoms with E-state index in [0.717, 1.165) is 32.1 Å². The summed E-state index contributed by atoms with van der Waals surface area (Å²) in [5, 5.41) is 0. The van der Waals surface area contributed by atoms with Crippen molar-refractivity contribution in [1.29, 1.82) is 0 Å². The first-order valence-electron chi connectivity index (χ1n) is 30.1. The van der Waals surface area contributed by atoms with Crippen LogP contribution in [-0.4, -0.2) is 74.9 Å². The lowest BCUT2D eigenvalue weighted by Crippen LogP contribution is -2.37. The monoisotopic (exact) mass is 1010 g/mol. The summed E-state index contributed by atoms with van der Waals surface area (Å²) in [4.78, 5) is 35.7. The molecular weight excluding hydrogens is 894 g/mol. The lowest BCUT2D eigenvalue weighted by Gasteiger charge is -2.24. The first-order valence-corrected chi connectivity index (χ1v) is 31.6. The van der Waals surface area contributed by atoms with Gasteiger partial charge in [-0.05, 0) is 64.2 Å². The molecule has 414 valence electrons. The molecule has 0 aromatic rings. The molecule has 9 nitrogen and oxygen atoms in total. The van der Waals surface area contributed by atoms with Crippen molar-refractivity contribution in [2.45, 2.75) is 302 Å². The number of carbonyl (C=O) groups is 2. The van der Waals surface area contributed by atoms with Crippen molar-refractivity contribution in [2.75, 3.05) is 47.5 Å². The fraction of sp³-hybridized carbons (Fsp3) is 0.900. The van der Waals surface area contributed by atoms with Crippen LogP contribution in [0.3, 0.4) is 0 Å². The minimum absolute atomic E-state index is 0.0337. The van der Waals surface area contributed by atoms with Gasteiger partial charge in [0.15, 0.2) is 6.10 Å². The normalized spacial score (nSPS) is 13.4. The fourth-order valence-corrected chi connectivity index (χ4v) is 9.51. The summed E-state index contributed by atoms with van der Waals surface area (Å²) in [6.45, 7) is 4.48. The van der Waals surface area contributed by atoms with Gasteiger partial charge in [-0.25, -0.2) is 4.57 Å². The van der Waals surface area contributed by atoms with Crippen LogP contribution in [0, 0.1) is 0 Å².